The molecule has 1 heterocycles. The molecule has 0 saturated carbocycles. The van der Waals surface area contributed by atoms with Crippen molar-refractivity contribution in [3.63, 3.8) is 0 Å². The van der Waals surface area contributed by atoms with Crippen LogP contribution in [0.25, 0.3) is 11.1 Å². The van der Waals surface area contributed by atoms with E-state index in [4.69, 9.17) is 4.74 Å². The first kappa shape index (κ1) is 21.9. The summed E-state index contributed by atoms with van der Waals surface area (Å²) in [6, 6.07) is 14.9. The molecule has 32 heavy (non-hydrogen) atoms. The molecule has 3 atom stereocenters. The number of carbonyl (C=O) groups is 3. The number of fused-ring (bicyclic) bond motifs is 3. The van der Waals surface area contributed by atoms with Crippen LogP contribution >= 0.6 is 0 Å². The summed E-state index contributed by atoms with van der Waals surface area (Å²) in [4.78, 5) is 38.1. The Hall–Kier alpha value is -3.35. The van der Waals surface area contributed by atoms with Crippen molar-refractivity contribution in [3.05, 3.63) is 59.7 Å². The number of nitrogens with one attached hydrogen (secondary N) is 1. The van der Waals surface area contributed by atoms with Crippen molar-refractivity contribution in [2.75, 3.05) is 13.2 Å². The molecular weight excluding hydrogens is 408 g/mol. The Morgan fingerprint density at radius 2 is 1.66 bits per heavy atom. The van der Waals surface area contributed by atoms with Gasteiger partial charge in [-0.15, -0.1) is 0 Å². The second-order valence-electron chi connectivity index (χ2n) is 8.58. The van der Waals surface area contributed by atoms with Crippen LogP contribution in [0.4, 0.5) is 4.79 Å². The molecule has 1 aliphatic heterocycles. The van der Waals surface area contributed by atoms with Gasteiger partial charge in [0.15, 0.2) is 0 Å². The predicted molar refractivity (Wildman–Crippen MR) is 119 cm³/mol. The Morgan fingerprint density at radius 1 is 1.06 bits per heavy atom. The minimum atomic E-state index is -0.986. The summed E-state index contributed by atoms with van der Waals surface area (Å²) in [5, 5.41) is 12.1. The van der Waals surface area contributed by atoms with Gasteiger partial charge in [0.25, 0.3) is 0 Å². The SMILES string of the molecule is CC(NC(=O)OCC1c2ccccc2-c2ccccc21)C(C)C(=O)N1CCC[C@H]1C(=O)O. The van der Waals surface area contributed by atoms with Crippen LogP contribution in [0.1, 0.15) is 43.7 Å². The van der Waals surface area contributed by atoms with Crippen LogP contribution in [0.5, 0.6) is 0 Å². The van der Waals surface area contributed by atoms with Gasteiger partial charge in [0.05, 0.1) is 5.92 Å². The van der Waals surface area contributed by atoms with Gasteiger partial charge < -0.3 is 20.1 Å². The number of likely N-dealkylation sites (tertiary alicyclic amines) is 1. The lowest BCUT2D eigenvalue weighted by Gasteiger charge is -2.28. The van der Waals surface area contributed by atoms with Crippen LogP contribution in [0.15, 0.2) is 48.5 Å². The maximum atomic E-state index is 12.8. The van der Waals surface area contributed by atoms with Gasteiger partial charge in [-0.3, -0.25) is 4.79 Å². The van der Waals surface area contributed by atoms with Crippen LogP contribution in [0, 0.1) is 5.92 Å². The zero-order valence-corrected chi connectivity index (χ0v) is 18.3. The molecule has 168 valence electrons. The lowest BCUT2D eigenvalue weighted by atomic mass is 9.98. The van der Waals surface area contributed by atoms with E-state index in [0.717, 1.165) is 22.3 Å². The molecule has 2 N–H and O–H groups in total. The number of ether oxygens (including phenoxy) is 1. The minimum absolute atomic E-state index is 0.0385. The van der Waals surface area contributed by atoms with Crippen LogP contribution < -0.4 is 5.32 Å². The number of carboxylic acids is 1. The summed E-state index contributed by atoms with van der Waals surface area (Å²) in [5.41, 5.74) is 4.57. The van der Waals surface area contributed by atoms with Crippen molar-refractivity contribution < 1.29 is 24.2 Å². The molecule has 1 aliphatic carbocycles. The Morgan fingerprint density at radius 3 is 2.25 bits per heavy atom. The van der Waals surface area contributed by atoms with Gasteiger partial charge in [-0.25, -0.2) is 9.59 Å². The number of nitrogens with zero attached hydrogens (tertiary/aromatic N) is 1. The highest BCUT2D eigenvalue weighted by atomic mass is 16.5. The van der Waals surface area contributed by atoms with E-state index in [2.05, 4.69) is 29.6 Å². The average molecular weight is 437 g/mol. The maximum Gasteiger partial charge on any atom is 0.407 e. The van der Waals surface area contributed by atoms with Crippen LogP contribution in [0.2, 0.25) is 0 Å². The minimum Gasteiger partial charge on any atom is -0.480 e. The Kier molecular flexibility index (Phi) is 6.17. The Labute approximate surface area is 187 Å². The second-order valence-corrected chi connectivity index (χ2v) is 8.58. The largest absolute Gasteiger partial charge is 0.480 e. The summed E-state index contributed by atoms with van der Waals surface area (Å²) in [7, 11) is 0. The maximum absolute atomic E-state index is 12.8. The molecule has 2 amide bonds. The summed E-state index contributed by atoms with van der Waals surface area (Å²) in [5.74, 6) is -1.85. The summed E-state index contributed by atoms with van der Waals surface area (Å²) in [6.07, 6.45) is 0.543. The molecule has 2 unspecified atom stereocenters. The first-order valence-electron chi connectivity index (χ1n) is 11.0. The van der Waals surface area contributed by atoms with E-state index in [9.17, 15) is 19.5 Å². The first-order valence-corrected chi connectivity index (χ1v) is 11.0. The van der Waals surface area contributed by atoms with Crippen LogP contribution in [-0.4, -0.2) is 53.2 Å². The number of alkyl carbamates (subject to hydrolysis) is 1. The molecule has 2 aromatic carbocycles. The molecule has 0 bridgehead atoms. The summed E-state index contributed by atoms with van der Waals surface area (Å²) in [6.45, 7) is 4.06. The van der Waals surface area contributed by atoms with Gasteiger partial charge in [-0.1, -0.05) is 55.5 Å². The van der Waals surface area contributed by atoms with Gasteiger partial charge >= 0.3 is 12.1 Å². The average Bonchev–Trinajstić information content (AvgIpc) is 3.40. The normalized spacial score (nSPS) is 19.1. The molecule has 0 radical (unpaired) electrons. The smallest absolute Gasteiger partial charge is 0.407 e. The quantitative estimate of drug-likeness (QED) is 0.721. The van der Waals surface area contributed by atoms with E-state index in [1.165, 1.54) is 4.90 Å². The Bertz CT molecular complexity index is 991. The van der Waals surface area contributed by atoms with Gasteiger partial charge in [0.2, 0.25) is 5.91 Å². The van der Waals surface area contributed by atoms with Crippen molar-refractivity contribution in [2.45, 2.75) is 44.7 Å². The fourth-order valence-corrected chi connectivity index (χ4v) is 4.71. The van der Waals surface area contributed by atoms with E-state index in [1.54, 1.807) is 13.8 Å². The molecule has 0 aromatic heterocycles. The fourth-order valence-electron chi connectivity index (χ4n) is 4.71. The summed E-state index contributed by atoms with van der Waals surface area (Å²) >= 11 is 0. The molecule has 7 nitrogen and oxygen atoms in total. The van der Waals surface area contributed by atoms with Gasteiger partial charge in [-0.05, 0) is 42.0 Å². The standard InChI is InChI=1S/C25H28N2O5/c1-15(23(28)27-13-7-12-22(27)24(29)30)16(2)26-25(31)32-14-21-19-10-5-3-8-17(19)18-9-4-6-11-20(18)21/h3-6,8-11,15-16,21-22H,7,12-14H2,1-2H3,(H,26,31)(H,29,30)/t15?,16?,22-/m0/s1. The number of hydrogen-bond donors (Lipinski definition) is 2. The molecule has 4 rings (SSSR count). The number of amides is 2. The number of carboxylic acid groups (broad SMARTS) is 1. The molecule has 2 aliphatic rings. The van der Waals surface area contributed by atoms with E-state index >= 15 is 0 Å². The number of benzene rings is 2. The van der Waals surface area contributed by atoms with Crippen molar-refractivity contribution in [2.24, 2.45) is 5.92 Å². The third-order valence-corrected chi connectivity index (χ3v) is 6.65. The number of rotatable bonds is 6. The zero-order valence-electron chi connectivity index (χ0n) is 18.3. The Balaban J connectivity index is 1.36. The lowest BCUT2D eigenvalue weighted by Crippen LogP contribution is -2.49. The molecule has 2 aromatic rings. The molecule has 1 fully saturated rings. The second kappa shape index (κ2) is 9.02. The van der Waals surface area contributed by atoms with E-state index in [0.29, 0.717) is 19.4 Å². The predicted octanol–water partition coefficient (Wildman–Crippen LogP) is 3.63. The van der Waals surface area contributed by atoms with Gasteiger partial charge in [0.1, 0.15) is 12.6 Å². The third-order valence-electron chi connectivity index (χ3n) is 6.65. The third kappa shape index (κ3) is 4.07. The lowest BCUT2D eigenvalue weighted by molar-refractivity contribution is -0.150. The number of carbonyl (C=O) groups excluding carboxylic acids is 2. The van der Waals surface area contributed by atoms with E-state index in [-0.39, 0.29) is 18.4 Å². The molecule has 7 heteroatoms. The van der Waals surface area contributed by atoms with E-state index < -0.39 is 30.1 Å². The molecule has 0 spiro atoms. The monoisotopic (exact) mass is 436 g/mol. The van der Waals surface area contributed by atoms with Crippen molar-refractivity contribution in [1.29, 1.82) is 0 Å². The van der Waals surface area contributed by atoms with Crippen molar-refractivity contribution in [3.8, 4) is 11.1 Å². The van der Waals surface area contributed by atoms with Crippen LogP contribution in [0.3, 0.4) is 0 Å². The summed E-state index contributed by atoms with van der Waals surface area (Å²) < 4.78 is 5.56. The van der Waals surface area contributed by atoms with Crippen LogP contribution in [-0.2, 0) is 14.3 Å². The molecule has 1 saturated heterocycles. The number of hydrogen-bond acceptors (Lipinski definition) is 4. The highest BCUT2D eigenvalue weighted by molar-refractivity contribution is 5.86. The van der Waals surface area contributed by atoms with Gasteiger partial charge in [-0.2, -0.15) is 0 Å². The molecular formula is C25H28N2O5. The van der Waals surface area contributed by atoms with Crippen molar-refractivity contribution >= 4 is 18.0 Å². The first-order chi connectivity index (χ1) is 15.4. The topological polar surface area (TPSA) is 95.9 Å². The zero-order chi connectivity index (χ0) is 22.8. The van der Waals surface area contributed by atoms with Crippen molar-refractivity contribution in [1.82, 2.24) is 10.2 Å². The highest BCUT2D eigenvalue weighted by Crippen LogP contribution is 2.44. The highest BCUT2D eigenvalue weighted by Gasteiger charge is 2.37. The van der Waals surface area contributed by atoms with E-state index in [1.807, 2.05) is 24.3 Å². The number of aliphatic carboxylic acids is 1. The van der Waals surface area contributed by atoms with Gasteiger partial charge in [0, 0.05) is 18.5 Å². The fraction of sp³-hybridized carbons (Fsp3) is 0.400.